The molecule has 0 amide bonds. The van der Waals surface area contributed by atoms with Gasteiger partial charge in [0, 0.05) is 12.1 Å². The molecule has 0 aliphatic carbocycles. The first kappa shape index (κ1) is 42.9. The van der Waals surface area contributed by atoms with E-state index in [9.17, 15) is 70.9 Å². The molecule has 8 rings (SSSR count). The Morgan fingerprint density at radius 2 is 0.806 bits per heavy atom. The summed E-state index contributed by atoms with van der Waals surface area (Å²) >= 11 is 0. The van der Waals surface area contributed by atoms with E-state index in [2.05, 4.69) is 0 Å². The molecule has 330 valence electrons. The lowest BCUT2D eigenvalue weighted by atomic mass is 9.86. The maximum Gasteiger partial charge on any atom is 0.203 e. The highest BCUT2D eigenvalue weighted by molar-refractivity contribution is 6.11. The highest BCUT2D eigenvalue weighted by Gasteiger charge is 2.51. The standard InChI is InChI=1S/C42H42O20/c1-13-27(47)33(53)35(55)41(57-13)61-39-31(51)25-21(59-37(39)15-3-7-17(43)8-4-15)11-19(45)23(29(25)49)24-20(46)12-22-26(30(24)50)32(52)40(38(60-22)16-5-9-18(44)10-6-16)62-42-36(56)34(54)28(48)14(2)58-42/h3-14,27-28,33-50,53-56H,1-2H3. The quantitative estimate of drug-likeness (QED) is 0.121. The van der Waals surface area contributed by atoms with E-state index < -0.39 is 154 Å². The van der Waals surface area contributed by atoms with Crippen molar-refractivity contribution < 1.29 is 99.3 Å². The summed E-state index contributed by atoms with van der Waals surface area (Å²) in [5, 5.41) is 129. The maximum absolute atomic E-state index is 14.5. The Kier molecular flexibility index (Phi) is 11.2. The molecule has 2 saturated heterocycles. The summed E-state index contributed by atoms with van der Waals surface area (Å²) in [6, 6.07) is 12.4. The van der Waals surface area contributed by atoms with Crippen LogP contribution in [0.3, 0.4) is 0 Å². The molecule has 4 aromatic rings. The van der Waals surface area contributed by atoms with E-state index in [0.29, 0.717) is 0 Å². The summed E-state index contributed by atoms with van der Waals surface area (Å²) < 4.78 is 35.2. The fourth-order valence-electron chi connectivity index (χ4n) is 8.00. The van der Waals surface area contributed by atoms with Crippen molar-refractivity contribution in [3.8, 4) is 57.1 Å². The third kappa shape index (κ3) is 7.18. The second-order valence-corrected chi connectivity index (χ2v) is 15.4. The molecule has 14 unspecified atom stereocenters. The van der Waals surface area contributed by atoms with Gasteiger partial charge in [0.2, 0.25) is 11.6 Å². The van der Waals surface area contributed by atoms with Gasteiger partial charge in [-0.1, -0.05) is 24.3 Å². The molecule has 4 aromatic carbocycles. The molecule has 12 N–H and O–H groups in total. The van der Waals surface area contributed by atoms with Gasteiger partial charge in [-0.2, -0.15) is 0 Å². The molecule has 14 atom stereocenters. The summed E-state index contributed by atoms with van der Waals surface area (Å²) in [6.45, 7) is 2.75. The van der Waals surface area contributed by atoms with E-state index in [1.807, 2.05) is 0 Å². The molecule has 0 spiro atoms. The minimum absolute atomic E-state index is 0.152. The number of benzene rings is 4. The van der Waals surface area contributed by atoms with Crippen molar-refractivity contribution in [1.82, 2.24) is 0 Å². The maximum atomic E-state index is 14.5. The Bertz CT molecular complexity index is 2200. The summed E-state index contributed by atoms with van der Waals surface area (Å²) in [5.74, 6) is -7.28. The van der Waals surface area contributed by atoms with E-state index in [0.717, 1.165) is 12.1 Å². The molecule has 62 heavy (non-hydrogen) atoms. The zero-order valence-corrected chi connectivity index (χ0v) is 32.5. The van der Waals surface area contributed by atoms with Gasteiger partial charge in [0.1, 0.15) is 93.7 Å². The van der Waals surface area contributed by atoms with Crippen LogP contribution in [-0.4, -0.2) is 146 Å². The number of carbonyl (C=O) groups is 2. The summed E-state index contributed by atoms with van der Waals surface area (Å²) in [4.78, 5) is 29.0. The van der Waals surface area contributed by atoms with Crippen LogP contribution < -0.4 is 9.47 Å². The molecule has 4 aliphatic heterocycles. The minimum atomic E-state index is -1.89. The lowest BCUT2D eigenvalue weighted by Crippen LogP contribution is -2.59. The minimum Gasteiger partial charge on any atom is -0.508 e. The number of ether oxygens (including phenoxy) is 6. The van der Waals surface area contributed by atoms with Crippen molar-refractivity contribution >= 4 is 11.6 Å². The highest BCUT2D eigenvalue weighted by atomic mass is 16.7. The SMILES string of the molecule is CC1OC(OC2C(=O)c3c(cc(O)c(-c4c(O)cc5c(c4O)C(=O)C(OC4OC(C)C(O)C(O)C4O)C(c4ccc(O)cc4)O5)c3O)OC2c2ccc(O)cc2)C(O)C(O)C1O. The zero-order valence-electron chi connectivity index (χ0n) is 32.5. The van der Waals surface area contributed by atoms with Crippen molar-refractivity contribution in [3.63, 3.8) is 0 Å². The van der Waals surface area contributed by atoms with Crippen molar-refractivity contribution in [1.29, 1.82) is 0 Å². The number of aliphatic hydroxyl groups is 6. The number of aromatic hydroxyl groups is 6. The lowest BCUT2D eigenvalue weighted by Gasteiger charge is -2.42. The number of Topliss-reactive ketones (excluding diaryl/α,β-unsaturated/α-hetero) is 2. The number of carbonyl (C=O) groups excluding carboxylic acids is 2. The van der Waals surface area contributed by atoms with E-state index in [4.69, 9.17) is 28.4 Å². The summed E-state index contributed by atoms with van der Waals surface area (Å²) in [6.07, 6.45) is -22.6. The van der Waals surface area contributed by atoms with Gasteiger partial charge in [-0.25, -0.2) is 0 Å². The monoisotopic (exact) mass is 866 g/mol. The van der Waals surface area contributed by atoms with Crippen molar-refractivity contribution in [3.05, 3.63) is 82.9 Å². The first-order valence-corrected chi connectivity index (χ1v) is 19.3. The Hall–Kier alpha value is -5.78. The third-order valence-electron chi connectivity index (χ3n) is 11.4. The summed E-state index contributed by atoms with van der Waals surface area (Å²) in [7, 11) is 0. The highest BCUT2D eigenvalue weighted by Crippen LogP contribution is 2.56. The Labute approximate surface area is 350 Å². The number of phenolic OH excluding ortho intramolecular Hbond substituents is 6. The van der Waals surface area contributed by atoms with Crippen LogP contribution in [0.5, 0.6) is 46.0 Å². The molecule has 0 aromatic heterocycles. The van der Waals surface area contributed by atoms with Crippen molar-refractivity contribution in [2.75, 3.05) is 0 Å². The van der Waals surface area contributed by atoms with Crippen LogP contribution in [-0.2, 0) is 18.9 Å². The lowest BCUT2D eigenvalue weighted by molar-refractivity contribution is -0.304. The molecule has 0 bridgehead atoms. The second-order valence-electron chi connectivity index (χ2n) is 15.4. The fourth-order valence-corrected chi connectivity index (χ4v) is 8.00. The number of phenols is 6. The average molecular weight is 867 g/mol. The topological polar surface area (TPSA) is 332 Å². The number of hydrogen-bond donors (Lipinski definition) is 12. The number of aliphatic hydroxyl groups excluding tert-OH is 6. The largest absolute Gasteiger partial charge is 0.508 e. The van der Waals surface area contributed by atoms with Gasteiger partial charge < -0.3 is 89.7 Å². The first-order chi connectivity index (χ1) is 29.4. The first-order valence-electron chi connectivity index (χ1n) is 19.3. The molecule has 0 saturated carbocycles. The predicted octanol–water partition coefficient (Wildman–Crippen LogP) is 0.645. The Morgan fingerprint density at radius 1 is 0.468 bits per heavy atom. The Balaban J connectivity index is 1.21. The van der Waals surface area contributed by atoms with E-state index in [1.54, 1.807) is 0 Å². The van der Waals surface area contributed by atoms with Gasteiger partial charge in [0.25, 0.3) is 0 Å². The van der Waals surface area contributed by atoms with Gasteiger partial charge in [0.05, 0.1) is 23.3 Å². The Morgan fingerprint density at radius 3 is 1.15 bits per heavy atom. The fraction of sp³-hybridized carbons (Fsp3) is 0.381. The van der Waals surface area contributed by atoms with E-state index in [1.165, 1.54) is 62.4 Å². The van der Waals surface area contributed by atoms with Crippen LogP contribution in [0.2, 0.25) is 0 Å². The molecule has 20 nitrogen and oxygen atoms in total. The summed E-state index contributed by atoms with van der Waals surface area (Å²) in [5.41, 5.74) is -2.50. The van der Waals surface area contributed by atoms with Crippen molar-refractivity contribution in [2.45, 2.75) is 99.7 Å². The molecular weight excluding hydrogens is 824 g/mol. The van der Waals surface area contributed by atoms with Crippen LogP contribution in [0.4, 0.5) is 0 Å². The normalized spacial score (nSPS) is 33.2. The smallest absolute Gasteiger partial charge is 0.203 e. The van der Waals surface area contributed by atoms with Crippen LogP contribution in [0.1, 0.15) is 57.9 Å². The predicted molar refractivity (Wildman–Crippen MR) is 205 cm³/mol. The van der Waals surface area contributed by atoms with Gasteiger partial charge >= 0.3 is 0 Å². The second kappa shape index (κ2) is 16.2. The van der Waals surface area contributed by atoms with Crippen LogP contribution in [0.15, 0.2) is 60.7 Å². The van der Waals surface area contributed by atoms with Gasteiger partial charge in [-0.15, -0.1) is 0 Å². The van der Waals surface area contributed by atoms with E-state index in [-0.39, 0.29) is 22.6 Å². The van der Waals surface area contributed by atoms with Gasteiger partial charge in [-0.3, -0.25) is 9.59 Å². The number of rotatable bonds is 7. The number of ketones is 2. The molecule has 0 radical (unpaired) electrons. The molecule has 4 aliphatic rings. The molecule has 4 heterocycles. The van der Waals surface area contributed by atoms with E-state index >= 15 is 0 Å². The average Bonchev–Trinajstić information content (AvgIpc) is 3.23. The number of fused-ring (bicyclic) bond motifs is 2. The number of hydrogen-bond acceptors (Lipinski definition) is 20. The van der Waals surface area contributed by atoms with Crippen LogP contribution in [0.25, 0.3) is 11.1 Å². The van der Waals surface area contributed by atoms with Crippen LogP contribution >= 0.6 is 0 Å². The molecule has 2 fully saturated rings. The van der Waals surface area contributed by atoms with Crippen LogP contribution in [0, 0.1) is 0 Å². The van der Waals surface area contributed by atoms with Crippen molar-refractivity contribution in [2.24, 2.45) is 0 Å². The zero-order chi connectivity index (χ0) is 44.6. The third-order valence-corrected chi connectivity index (χ3v) is 11.4. The molecule has 20 heteroatoms. The van der Waals surface area contributed by atoms with Gasteiger partial charge in [0.15, 0.2) is 37.0 Å². The van der Waals surface area contributed by atoms with Gasteiger partial charge in [-0.05, 0) is 49.2 Å². The molecular formula is C42H42O20.